The van der Waals surface area contributed by atoms with Crippen LogP contribution in [0.3, 0.4) is 0 Å². The van der Waals surface area contributed by atoms with Crippen LogP contribution in [-0.2, 0) is 4.79 Å². The summed E-state index contributed by atoms with van der Waals surface area (Å²) in [5.41, 5.74) is 2.80. The summed E-state index contributed by atoms with van der Waals surface area (Å²) in [7, 11) is 1.64. The summed E-state index contributed by atoms with van der Waals surface area (Å²) >= 11 is 0. The van der Waals surface area contributed by atoms with Gasteiger partial charge in [0, 0.05) is 29.7 Å². The number of benzene rings is 2. The number of fused-ring (bicyclic) bond motifs is 2. The van der Waals surface area contributed by atoms with Gasteiger partial charge in [-0.3, -0.25) is 4.79 Å². The third kappa shape index (κ3) is 1.97. The van der Waals surface area contributed by atoms with Crippen LogP contribution in [0.15, 0.2) is 36.4 Å². The lowest BCUT2D eigenvalue weighted by Crippen LogP contribution is -2.23. The number of hydrogen-bond donors (Lipinski definition) is 1. The number of ether oxygens (including phenoxy) is 3. The van der Waals surface area contributed by atoms with E-state index >= 15 is 0 Å². The molecule has 0 radical (unpaired) electrons. The molecule has 1 amide bonds. The largest absolute Gasteiger partial charge is 0.496 e. The van der Waals surface area contributed by atoms with Crippen molar-refractivity contribution >= 4 is 11.6 Å². The monoisotopic (exact) mass is 297 g/mol. The molecule has 2 aromatic rings. The van der Waals surface area contributed by atoms with Crippen LogP contribution < -0.4 is 19.5 Å². The molecular formula is C17H15NO4. The van der Waals surface area contributed by atoms with Gasteiger partial charge in [0.05, 0.1) is 7.11 Å². The van der Waals surface area contributed by atoms with E-state index < -0.39 is 0 Å². The van der Waals surface area contributed by atoms with E-state index in [2.05, 4.69) is 5.32 Å². The van der Waals surface area contributed by atoms with E-state index in [-0.39, 0.29) is 18.6 Å². The average Bonchev–Trinajstić information content (AvgIpc) is 2.99. The average molecular weight is 297 g/mol. The molecule has 112 valence electrons. The lowest BCUT2D eigenvalue weighted by Gasteiger charge is -2.27. The van der Waals surface area contributed by atoms with Crippen molar-refractivity contribution in [2.45, 2.75) is 12.3 Å². The molecule has 2 aliphatic heterocycles. The minimum Gasteiger partial charge on any atom is -0.496 e. The van der Waals surface area contributed by atoms with Crippen LogP contribution in [0.4, 0.5) is 5.69 Å². The fraction of sp³-hybridized carbons (Fsp3) is 0.235. The molecule has 0 fully saturated rings. The van der Waals surface area contributed by atoms with E-state index in [4.69, 9.17) is 14.2 Å². The van der Waals surface area contributed by atoms with Gasteiger partial charge in [-0.1, -0.05) is 18.2 Å². The zero-order valence-electron chi connectivity index (χ0n) is 12.1. The van der Waals surface area contributed by atoms with Gasteiger partial charge in [0.2, 0.25) is 12.7 Å². The fourth-order valence-corrected chi connectivity index (χ4v) is 3.08. The Morgan fingerprint density at radius 3 is 2.73 bits per heavy atom. The number of anilines is 1. The summed E-state index contributed by atoms with van der Waals surface area (Å²) in [6, 6.07) is 11.6. The lowest BCUT2D eigenvalue weighted by atomic mass is 9.84. The number of para-hydroxylation sites is 1. The van der Waals surface area contributed by atoms with Gasteiger partial charge in [0.25, 0.3) is 0 Å². The summed E-state index contributed by atoms with van der Waals surface area (Å²) in [5, 5.41) is 2.91. The maximum absolute atomic E-state index is 12.1. The first-order valence-electron chi connectivity index (χ1n) is 7.12. The Morgan fingerprint density at radius 2 is 1.91 bits per heavy atom. The van der Waals surface area contributed by atoms with Gasteiger partial charge >= 0.3 is 0 Å². The first-order valence-corrected chi connectivity index (χ1v) is 7.12. The molecule has 0 saturated carbocycles. The molecule has 0 saturated heterocycles. The van der Waals surface area contributed by atoms with E-state index in [1.54, 1.807) is 7.11 Å². The number of hydrogen-bond acceptors (Lipinski definition) is 4. The maximum atomic E-state index is 12.1. The van der Waals surface area contributed by atoms with Crippen molar-refractivity contribution < 1.29 is 19.0 Å². The molecule has 0 aliphatic carbocycles. The molecule has 0 aromatic heterocycles. The number of methoxy groups -OCH3 is 1. The minimum absolute atomic E-state index is 0.0118. The number of rotatable bonds is 2. The highest BCUT2D eigenvalue weighted by molar-refractivity contribution is 5.96. The summed E-state index contributed by atoms with van der Waals surface area (Å²) in [5.74, 6) is 2.09. The van der Waals surface area contributed by atoms with Gasteiger partial charge in [-0.05, 0) is 17.7 Å². The van der Waals surface area contributed by atoms with Gasteiger partial charge in [-0.25, -0.2) is 0 Å². The van der Waals surface area contributed by atoms with Gasteiger partial charge in [0.1, 0.15) is 5.75 Å². The molecule has 22 heavy (non-hydrogen) atoms. The second-order valence-corrected chi connectivity index (χ2v) is 5.34. The van der Waals surface area contributed by atoms with E-state index in [9.17, 15) is 4.79 Å². The van der Waals surface area contributed by atoms with E-state index in [0.717, 1.165) is 28.3 Å². The summed E-state index contributed by atoms with van der Waals surface area (Å²) in [6.45, 7) is 0.214. The van der Waals surface area contributed by atoms with Crippen molar-refractivity contribution in [2.75, 3.05) is 19.2 Å². The molecule has 0 spiro atoms. The van der Waals surface area contributed by atoms with Crippen molar-refractivity contribution in [3.8, 4) is 17.2 Å². The lowest BCUT2D eigenvalue weighted by molar-refractivity contribution is -0.116. The highest BCUT2D eigenvalue weighted by atomic mass is 16.7. The molecule has 5 nitrogen and oxygen atoms in total. The van der Waals surface area contributed by atoms with Crippen LogP contribution in [0, 0.1) is 0 Å². The normalized spacial score (nSPS) is 18.6. The second-order valence-electron chi connectivity index (χ2n) is 5.34. The van der Waals surface area contributed by atoms with Crippen molar-refractivity contribution in [3.63, 3.8) is 0 Å². The quantitative estimate of drug-likeness (QED) is 0.926. The Kier molecular flexibility index (Phi) is 2.92. The smallest absolute Gasteiger partial charge is 0.231 e. The Labute approximate surface area is 127 Å². The standard InChI is InChI=1S/C17H15NO4/c1-20-14-5-3-2-4-10(14)11-7-17(19)18-13-8-16-15(6-12(11)13)21-9-22-16/h2-6,8,11H,7,9H2,1H3,(H,18,19). The van der Waals surface area contributed by atoms with Crippen LogP contribution in [0.2, 0.25) is 0 Å². The Hall–Kier alpha value is -2.69. The first-order chi connectivity index (χ1) is 10.8. The van der Waals surface area contributed by atoms with Crippen molar-refractivity contribution in [1.82, 2.24) is 0 Å². The van der Waals surface area contributed by atoms with Crippen LogP contribution in [0.1, 0.15) is 23.5 Å². The molecule has 5 heteroatoms. The third-order valence-electron chi connectivity index (χ3n) is 4.10. The molecule has 1 unspecified atom stereocenters. The number of carbonyl (C=O) groups is 1. The van der Waals surface area contributed by atoms with E-state index in [1.807, 2.05) is 36.4 Å². The van der Waals surface area contributed by atoms with E-state index in [0.29, 0.717) is 12.2 Å². The van der Waals surface area contributed by atoms with Gasteiger partial charge in [-0.15, -0.1) is 0 Å². The molecule has 2 aliphatic rings. The second kappa shape index (κ2) is 4.94. The van der Waals surface area contributed by atoms with Crippen LogP contribution >= 0.6 is 0 Å². The van der Waals surface area contributed by atoms with Crippen molar-refractivity contribution in [3.05, 3.63) is 47.5 Å². The van der Waals surface area contributed by atoms with Crippen LogP contribution in [-0.4, -0.2) is 19.8 Å². The highest BCUT2D eigenvalue weighted by Crippen LogP contribution is 2.46. The molecule has 4 rings (SSSR count). The zero-order chi connectivity index (χ0) is 15.1. The van der Waals surface area contributed by atoms with Crippen molar-refractivity contribution in [2.24, 2.45) is 0 Å². The van der Waals surface area contributed by atoms with Gasteiger partial charge < -0.3 is 19.5 Å². The third-order valence-corrected chi connectivity index (χ3v) is 4.10. The topological polar surface area (TPSA) is 56.8 Å². The first kappa shape index (κ1) is 13.0. The minimum atomic E-state index is -0.0607. The van der Waals surface area contributed by atoms with Crippen LogP contribution in [0.25, 0.3) is 0 Å². The zero-order valence-corrected chi connectivity index (χ0v) is 12.1. The molecule has 1 atom stereocenters. The Bertz CT molecular complexity index is 756. The summed E-state index contributed by atoms with van der Waals surface area (Å²) in [4.78, 5) is 12.1. The summed E-state index contributed by atoms with van der Waals surface area (Å²) < 4.78 is 16.3. The molecule has 2 aromatic carbocycles. The van der Waals surface area contributed by atoms with Gasteiger partial charge in [0.15, 0.2) is 11.5 Å². The number of carbonyl (C=O) groups excluding carboxylic acids is 1. The van der Waals surface area contributed by atoms with Crippen LogP contribution in [0.5, 0.6) is 17.2 Å². The fourth-order valence-electron chi connectivity index (χ4n) is 3.08. The Morgan fingerprint density at radius 1 is 1.14 bits per heavy atom. The van der Waals surface area contributed by atoms with E-state index in [1.165, 1.54) is 0 Å². The summed E-state index contributed by atoms with van der Waals surface area (Å²) in [6.07, 6.45) is 0.382. The highest BCUT2D eigenvalue weighted by Gasteiger charge is 2.31. The predicted octanol–water partition coefficient (Wildman–Crippen LogP) is 2.90. The molecular weight excluding hydrogens is 282 g/mol. The number of nitrogens with one attached hydrogen (secondary N) is 1. The van der Waals surface area contributed by atoms with Crippen molar-refractivity contribution in [1.29, 1.82) is 0 Å². The SMILES string of the molecule is COc1ccccc1C1CC(=O)Nc2cc3c(cc21)OCO3. The van der Waals surface area contributed by atoms with Gasteiger partial charge in [-0.2, -0.15) is 0 Å². The maximum Gasteiger partial charge on any atom is 0.231 e. The molecule has 0 bridgehead atoms. The predicted molar refractivity (Wildman–Crippen MR) is 80.6 cm³/mol. The molecule has 2 heterocycles. The Balaban J connectivity index is 1.87. The molecule has 1 N–H and O–H groups in total. The number of amides is 1.